The number of amides is 1. The van der Waals surface area contributed by atoms with Crippen LogP contribution in [0.15, 0.2) is 36.4 Å². The number of nitrogens with one attached hydrogen (secondary N) is 1. The zero-order valence-corrected chi connectivity index (χ0v) is 17.9. The molecule has 3 aliphatic rings. The lowest BCUT2D eigenvalue weighted by molar-refractivity contribution is -0.123. The summed E-state index contributed by atoms with van der Waals surface area (Å²) in [6.45, 7) is 4.78. The van der Waals surface area contributed by atoms with Crippen LogP contribution in [0.5, 0.6) is 5.75 Å². The van der Waals surface area contributed by atoms with Crippen molar-refractivity contribution in [1.82, 2.24) is 4.90 Å². The number of halogens is 1. The first-order chi connectivity index (χ1) is 15.2. The first kappa shape index (κ1) is 20.3. The maximum absolute atomic E-state index is 13.1. The van der Waals surface area contributed by atoms with Crippen LogP contribution in [-0.2, 0) is 17.6 Å². The molecule has 0 radical (unpaired) electrons. The number of fused-ring (bicyclic) bond motifs is 2. The molecule has 5 nitrogen and oxygen atoms in total. The predicted octanol–water partition coefficient (Wildman–Crippen LogP) is 4.01. The molecule has 164 valence electrons. The van der Waals surface area contributed by atoms with Gasteiger partial charge in [-0.05, 0) is 92.6 Å². The van der Waals surface area contributed by atoms with Gasteiger partial charge in [-0.1, -0.05) is 0 Å². The molecular weight excluding hydrogens is 393 g/mol. The number of ether oxygens (including phenoxy) is 1. The third-order valence-corrected chi connectivity index (χ3v) is 6.77. The fourth-order valence-electron chi connectivity index (χ4n) is 4.95. The Kier molecular flexibility index (Phi) is 5.81. The van der Waals surface area contributed by atoms with E-state index in [0.29, 0.717) is 0 Å². The van der Waals surface area contributed by atoms with Crippen LogP contribution in [0, 0.1) is 5.82 Å². The first-order valence-electron chi connectivity index (χ1n) is 11.5. The van der Waals surface area contributed by atoms with Gasteiger partial charge in [0.25, 0.3) is 5.91 Å². The third kappa shape index (κ3) is 4.54. The number of hydrogen-bond donors (Lipinski definition) is 1. The number of carbonyl (C=O) groups excluding carboxylic acids is 1. The molecule has 5 rings (SSSR count). The molecule has 1 aliphatic carbocycles. The molecular formula is C25H30FN3O2. The number of piperazine rings is 1. The third-order valence-electron chi connectivity index (χ3n) is 6.77. The molecule has 1 atom stereocenters. The van der Waals surface area contributed by atoms with Crippen molar-refractivity contribution >= 4 is 17.3 Å². The molecule has 1 fully saturated rings. The van der Waals surface area contributed by atoms with E-state index in [1.807, 2.05) is 12.1 Å². The lowest BCUT2D eigenvalue weighted by Gasteiger charge is -2.36. The average molecular weight is 424 g/mol. The molecule has 2 aromatic carbocycles. The van der Waals surface area contributed by atoms with Crippen LogP contribution in [0.25, 0.3) is 0 Å². The number of benzene rings is 2. The van der Waals surface area contributed by atoms with E-state index in [1.165, 1.54) is 36.1 Å². The number of anilines is 2. The lowest BCUT2D eigenvalue weighted by Crippen LogP contribution is -2.47. The van der Waals surface area contributed by atoms with E-state index in [4.69, 9.17) is 4.74 Å². The summed E-state index contributed by atoms with van der Waals surface area (Å²) in [6, 6.07) is 11.0. The molecule has 1 amide bonds. The second-order valence-electron chi connectivity index (χ2n) is 8.87. The highest BCUT2D eigenvalue weighted by molar-refractivity contribution is 5.97. The van der Waals surface area contributed by atoms with Gasteiger partial charge in [0.05, 0.1) is 5.69 Å². The molecule has 1 saturated heterocycles. The zero-order chi connectivity index (χ0) is 21.2. The average Bonchev–Trinajstić information content (AvgIpc) is 2.79. The molecule has 2 aliphatic heterocycles. The van der Waals surface area contributed by atoms with Gasteiger partial charge in [0, 0.05) is 31.9 Å². The fraction of sp³-hybridized carbons (Fsp3) is 0.480. The van der Waals surface area contributed by atoms with Crippen LogP contribution >= 0.6 is 0 Å². The van der Waals surface area contributed by atoms with E-state index in [1.54, 1.807) is 0 Å². The van der Waals surface area contributed by atoms with Crippen LogP contribution in [-0.4, -0.2) is 49.6 Å². The van der Waals surface area contributed by atoms with E-state index in [0.717, 1.165) is 75.5 Å². The quantitative estimate of drug-likeness (QED) is 0.789. The molecule has 0 bridgehead atoms. The summed E-state index contributed by atoms with van der Waals surface area (Å²) in [5.74, 6) is 0.612. The Morgan fingerprint density at radius 2 is 1.71 bits per heavy atom. The van der Waals surface area contributed by atoms with Crippen LogP contribution < -0.4 is 15.0 Å². The summed E-state index contributed by atoms with van der Waals surface area (Å²) in [4.78, 5) is 17.3. The molecule has 6 heteroatoms. The lowest BCUT2D eigenvalue weighted by atomic mass is 9.90. The molecule has 31 heavy (non-hydrogen) atoms. The van der Waals surface area contributed by atoms with Crippen molar-refractivity contribution in [1.29, 1.82) is 0 Å². The second kappa shape index (κ2) is 8.87. The van der Waals surface area contributed by atoms with Crippen molar-refractivity contribution in [2.75, 3.05) is 42.9 Å². The molecule has 0 unspecified atom stereocenters. The normalized spacial score (nSPS) is 21.1. The van der Waals surface area contributed by atoms with E-state index >= 15 is 0 Å². The van der Waals surface area contributed by atoms with E-state index in [2.05, 4.69) is 27.2 Å². The van der Waals surface area contributed by atoms with E-state index in [-0.39, 0.29) is 11.7 Å². The number of carbonyl (C=O) groups is 1. The Labute approximate surface area is 183 Å². The standard InChI is InChI=1S/C25H30FN3O2/c26-20-7-9-21(10-8-20)29-14-12-28(13-15-29)11-3-6-23-25(30)27-22-16-18-4-1-2-5-19(18)17-24(22)31-23/h7-10,16-17,23H,1-6,11-15H2,(H,27,30)/t23-/m1/s1. The minimum absolute atomic E-state index is 0.0237. The minimum Gasteiger partial charge on any atom is -0.478 e. The summed E-state index contributed by atoms with van der Waals surface area (Å²) < 4.78 is 19.2. The van der Waals surface area contributed by atoms with Crippen molar-refractivity contribution in [3.63, 3.8) is 0 Å². The van der Waals surface area contributed by atoms with Crippen LogP contribution in [0.4, 0.5) is 15.8 Å². The Balaban J connectivity index is 1.10. The highest BCUT2D eigenvalue weighted by Crippen LogP contribution is 2.36. The second-order valence-corrected chi connectivity index (χ2v) is 8.87. The molecule has 2 heterocycles. The number of nitrogens with zero attached hydrogens (tertiary/aromatic N) is 2. The minimum atomic E-state index is -0.408. The first-order valence-corrected chi connectivity index (χ1v) is 11.5. The Morgan fingerprint density at radius 1 is 1.00 bits per heavy atom. The number of aryl methyl sites for hydroxylation is 2. The summed E-state index contributed by atoms with van der Waals surface area (Å²) in [7, 11) is 0. The van der Waals surface area contributed by atoms with Gasteiger partial charge < -0.3 is 15.0 Å². The zero-order valence-electron chi connectivity index (χ0n) is 17.9. The summed E-state index contributed by atoms with van der Waals surface area (Å²) in [6.07, 6.45) is 5.90. The monoisotopic (exact) mass is 423 g/mol. The summed E-state index contributed by atoms with van der Waals surface area (Å²) in [5, 5.41) is 3.07. The summed E-state index contributed by atoms with van der Waals surface area (Å²) >= 11 is 0. The van der Waals surface area contributed by atoms with E-state index in [9.17, 15) is 9.18 Å². The number of rotatable bonds is 5. The Bertz CT molecular complexity index is 939. The molecule has 2 aromatic rings. The van der Waals surface area contributed by atoms with Gasteiger partial charge in [0.2, 0.25) is 0 Å². The van der Waals surface area contributed by atoms with Gasteiger partial charge in [-0.15, -0.1) is 0 Å². The highest BCUT2D eigenvalue weighted by Gasteiger charge is 2.29. The number of hydrogen-bond acceptors (Lipinski definition) is 4. The SMILES string of the molecule is O=C1Nc2cc3c(cc2O[C@@H]1CCCN1CCN(c2ccc(F)cc2)CC1)CCCC3. The Morgan fingerprint density at radius 3 is 2.45 bits per heavy atom. The molecule has 0 aromatic heterocycles. The van der Waals surface area contributed by atoms with Crippen LogP contribution in [0.3, 0.4) is 0 Å². The highest BCUT2D eigenvalue weighted by atomic mass is 19.1. The van der Waals surface area contributed by atoms with Crippen LogP contribution in [0.1, 0.15) is 36.8 Å². The van der Waals surface area contributed by atoms with Crippen LogP contribution in [0.2, 0.25) is 0 Å². The van der Waals surface area contributed by atoms with Crippen molar-refractivity contribution in [3.05, 3.63) is 53.3 Å². The van der Waals surface area contributed by atoms with Crippen molar-refractivity contribution in [2.45, 2.75) is 44.6 Å². The van der Waals surface area contributed by atoms with Crippen molar-refractivity contribution < 1.29 is 13.9 Å². The van der Waals surface area contributed by atoms with Gasteiger partial charge in [0.1, 0.15) is 11.6 Å². The van der Waals surface area contributed by atoms with Gasteiger partial charge in [-0.3, -0.25) is 9.69 Å². The molecule has 0 spiro atoms. The van der Waals surface area contributed by atoms with Crippen molar-refractivity contribution in [2.24, 2.45) is 0 Å². The Hall–Kier alpha value is -2.60. The molecule has 1 N–H and O–H groups in total. The van der Waals surface area contributed by atoms with Gasteiger partial charge in [-0.25, -0.2) is 4.39 Å². The maximum Gasteiger partial charge on any atom is 0.265 e. The van der Waals surface area contributed by atoms with Gasteiger partial charge >= 0.3 is 0 Å². The fourth-order valence-corrected chi connectivity index (χ4v) is 4.95. The largest absolute Gasteiger partial charge is 0.478 e. The maximum atomic E-state index is 13.1. The topological polar surface area (TPSA) is 44.8 Å². The predicted molar refractivity (Wildman–Crippen MR) is 120 cm³/mol. The summed E-state index contributed by atoms with van der Waals surface area (Å²) in [5.41, 5.74) is 4.64. The van der Waals surface area contributed by atoms with Gasteiger partial charge in [-0.2, -0.15) is 0 Å². The van der Waals surface area contributed by atoms with Crippen molar-refractivity contribution in [3.8, 4) is 5.75 Å². The smallest absolute Gasteiger partial charge is 0.265 e. The van der Waals surface area contributed by atoms with E-state index < -0.39 is 6.10 Å². The van der Waals surface area contributed by atoms with Gasteiger partial charge in [0.15, 0.2) is 6.10 Å². The molecule has 0 saturated carbocycles.